The molecule has 0 aliphatic carbocycles. The van der Waals surface area contributed by atoms with Crippen LogP contribution in [-0.2, 0) is 11.3 Å². The number of nitrogens with zero attached hydrogens (tertiary/aromatic N) is 3. The smallest absolute Gasteiger partial charge is 0.251 e. The zero-order chi connectivity index (χ0) is 18.7. The fourth-order valence-corrected chi connectivity index (χ4v) is 3.28. The van der Waals surface area contributed by atoms with Crippen molar-refractivity contribution < 1.29 is 14.1 Å². The normalized spacial score (nSPS) is 20.1. The number of hydrogen-bond donors (Lipinski definition) is 1. The van der Waals surface area contributed by atoms with Gasteiger partial charge in [0.2, 0.25) is 5.91 Å². The van der Waals surface area contributed by atoms with Gasteiger partial charge in [-0.25, -0.2) is 0 Å². The molecule has 1 saturated heterocycles. The van der Waals surface area contributed by atoms with E-state index in [4.69, 9.17) is 16.1 Å². The van der Waals surface area contributed by atoms with Crippen molar-refractivity contribution in [2.75, 3.05) is 20.6 Å². The molecule has 1 N–H and O–H groups in total. The molecule has 1 aliphatic heterocycles. The Hall–Kier alpha value is -2.38. The van der Waals surface area contributed by atoms with E-state index in [0.717, 1.165) is 0 Å². The van der Waals surface area contributed by atoms with Gasteiger partial charge in [-0.1, -0.05) is 16.8 Å². The summed E-state index contributed by atoms with van der Waals surface area (Å²) < 4.78 is 4.80. The molecule has 8 heteroatoms. The summed E-state index contributed by atoms with van der Waals surface area (Å²) in [7, 11) is 3.63. The number of rotatable bonds is 5. The van der Waals surface area contributed by atoms with Gasteiger partial charge in [-0.15, -0.1) is 0 Å². The minimum absolute atomic E-state index is 0.00116. The molecule has 3 rings (SSSR count). The Morgan fingerprint density at radius 2 is 2.08 bits per heavy atom. The average Bonchev–Trinajstić information content (AvgIpc) is 3.24. The van der Waals surface area contributed by atoms with E-state index in [1.54, 1.807) is 42.3 Å². The maximum atomic E-state index is 12.7. The van der Waals surface area contributed by atoms with E-state index in [1.807, 2.05) is 11.9 Å². The fraction of sp³-hybridized carbons (Fsp3) is 0.389. The summed E-state index contributed by atoms with van der Waals surface area (Å²) in [5.41, 5.74) is 1.25. The monoisotopic (exact) mass is 376 g/mol. The standard InChI is InChI=1S/C18H21ClN4O3/c1-22-11-15(20-17(24)12-3-5-13(19)6-4-12)9-16(22)18(25)23(2)10-14-7-8-26-21-14/h3-8,15-16H,9-11H2,1-2H3,(H,20,24)/t15-,16-/m0/s1. The minimum Gasteiger partial charge on any atom is -0.364 e. The van der Waals surface area contributed by atoms with Crippen molar-refractivity contribution in [2.24, 2.45) is 0 Å². The first kappa shape index (κ1) is 18.4. The molecule has 7 nitrogen and oxygen atoms in total. The van der Waals surface area contributed by atoms with Gasteiger partial charge in [0.1, 0.15) is 12.0 Å². The summed E-state index contributed by atoms with van der Waals surface area (Å²) in [6, 6.07) is 8.11. The van der Waals surface area contributed by atoms with Crippen LogP contribution in [0.4, 0.5) is 0 Å². The van der Waals surface area contributed by atoms with Crippen LogP contribution in [0.2, 0.25) is 5.02 Å². The van der Waals surface area contributed by atoms with E-state index < -0.39 is 0 Å². The van der Waals surface area contributed by atoms with Crippen LogP contribution in [0.15, 0.2) is 41.1 Å². The van der Waals surface area contributed by atoms with Crippen molar-refractivity contribution in [2.45, 2.75) is 25.0 Å². The molecule has 1 aliphatic rings. The Labute approximate surface area is 156 Å². The van der Waals surface area contributed by atoms with Crippen molar-refractivity contribution in [3.63, 3.8) is 0 Å². The Balaban J connectivity index is 1.57. The van der Waals surface area contributed by atoms with Gasteiger partial charge in [-0.2, -0.15) is 0 Å². The topological polar surface area (TPSA) is 78.7 Å². The van der Waals surface area contributed by atoms with Gasteiger partial charge in [0.15, 0.2) is 0 Å². The molecular weight excluding hydrogens is 356 g/mol. The lowest BCUT2D eigenvalue weighted by atomic mass is 10.1. The summed E-state index contributed by atoms with van der Waals surface area (Å²) in [6.07, 6.45) is 2.05. The van der Waals surface area contributed by atoms with Gasteiger partial charge < -0.3 is 14.7 Å². The molecule has 0 spiro atoms. The second-order valence-corrected chi connectivity index (χ2v) is 6.99. The highest BCUT2D eigenvalue weighted by Gasteiger charge is 2.36. The Morgan fingerprint density at radius 3 is 2.73 bits per heavy atom. The lowest BCUT2D eigenvalue weighted by molar-refractivity contribution is -0.134. The zero-order valence-corrected chi connectivity index (χ0v) is 15.4. The molecule has 0 bridgehead atoms. The SMILES string of the molecule is CN(Cc1ccon1)C(=O)[C@@H]1C[C@H](NC(=O)c2ccc(Cl)cc2)CN1C. The van der Waals surface area contributed by atoms with E-state index in [0.29, 0.717) is 35.8 Å². The van der Waals surface area contributed by atoms with E-state index in [1.165, 1.54) is 6.26 Å². The highest BCUT2D eigenvalue weighted by Crippen LogP contribution is 2.19. The summed E-state index contributed by atoms with van der Waals surface area (Å²) in [6.45, 7) is 1.01. The largest absolute Gasteiger partial charge is 0.364 e. The number of aromatic nitrogens is 1. The number of nitrogens with one attached hydrogen (secondary N) is 1. The van der Waals surface area contributed by atoms with Gasteiger partial charge in [-0.05, 0) is 37.7 Å². The predicted octanol–water partition coefficient (Wildman–Crippen LogP) is 1.79. The van der Waals surface area contributed by atoms with E-state index in [2.05, 4.69) is 10.5 Å². The molecule has 0 unspecified atom stereocenters. The van der Waals surface area contributed by atoms with Crippen molar-refractivity contribution in [3.05, 3.63) is 52.9 Å². The summed E-state index contributed by atoms with van der Waals surface area (Å²) in [5, 5.41) is 7.41. The van der Waals surface area contributed by atoms with Crippen LogP contribution in [0.3, 0.4) is 0 Å². The summed E-state index contributed by atoms with van der Waals surface area (Å²) >= 11 is 5.85. The molecule has 0 radical (unpaired) electrons. The lowest BCUT2D eigenvalue weighted by Gasteiger charge is -2.24. The van der Waals surface area contributed by atoms with Gasteiger partial charge in [-0.3, -0.25) is 14.5 Å². The molecule has 2 heterocycles. The molecular formula is C18H21ClN4O3. The number of carbonyl (C=O) groups is 2. The first-order valence-corrected chi connectivity index (χ1v) is 8.72. The molecule has 26 heavy (non-hydrogen) atoms. The summed E-state index contributed by atoms with van der Waals surface area (Å²) in [4.78, 5) is 28.7. The minimum atomic E-state index is -0.276. The molecule has 138 valence electrons. The van der Waals surface area contributed by atoms with Gasteiger partial charge in [0.25, 0.3) is 5.91 Å². The number of hydrogen-bond acceptors (Lipinski definition) is 5. The van der Waals surface area contributed by atoms with Crippen LogP contribution in [0, 0.1) is 0 Å². The number of halogens is 1. The third-order valence-corrected chi connectivity index (χ3v) is 4.79. The molecule has 1 aromatic heterocycles. The van der Waals surface area contributed by atoms with Crippen molar-refractivity contribution in [1.82, 2.24) is 20.3 Å². The highest BCUT2D eigenvalue weighted by atomic mass is 35.5. The molecule has 1 fully saturated rings. The first-order chi connectivity index (χ1) is 12.4. The number of carbonyl (C=O) groups excluding carboxylic acids is 2. The van der Waals surface area contributed by atoms with Gasteiger partial charge in [0.05, 0.1) is 12.6 Å². The maximum Gasteiger partial charge on any atom is 0.251 e. The summed E-state index contributed by atoms with van der Waals surface area (Å²) in [5.74, 6) is -0.164. The van der Waals surface area contributed by atoms with Crippen LogP contribution >= 0.6 is 11.6 Å². The van der Waals surface area contributed by atoms with Crippen LogP contribution in [-0.4, -0.2) is 59.5 Å². The Kier molecular flexibility index (Phi) is 5.58. The zero-order valence-electron chi connectivity index (χ0n) is 14.7. The third-order valence-electron chi connectivity index (χ3n) is 4.54. The van der Waals surface area contributed by atoms with Crippen molar-refractivity contribution in [3.8, 4) is 0 Å². The fourth-order valence-electron chi connectivity index (χ4n) is 3.16. The van der Waals surface area contributed by atoms with Crippen molar-refractivity contribution in [1.29, 1.82) is 0 Å². The second-order valence-electron chi connectivity index (χ2n) is 6.55. The Morgan fingerprint density at radius 1 is 1.35 bits per heavy atom. The molecule has 1 aromatic carbocycles. The second kappa shape index (κ2) is 7.88. The quantitative estimate of drug-likeness (QED) is 0.860. The van der Waals surface area contributed by atoms with Crippen molar-refractivity contribution >= 4 is 23.4 Å². The van der Waals surface area contributed by atoms with Gasteiger partial charge >= 0.3 is 0 Å². The maximum absolute atomic E-state index is 12.7. The number of likely N-dealkylation sites (N-methyl/N-ethyl adjacent to an activating group) is 2. The third kappa shape index (κ3) is 4.23. The van der Waals surface area contributed by atoms with E-state index >= 15 is 0 Å². The van der Waals surface area contributed by atoms with Crippen LogP contribution in [0.5, 0.6) is 0 Å². The predicted molar refractivity (Wildman–Crippen MR) is 96.7 cm³/mol. The van der Waals surface area contributed by atoms with Crippen LogP contribution in [0.25, 0.3) is 0 Å². The highest BCUT2D eigenvalue weighted by molar-refractivity contribution is 6.30. The number of benzene rings is 1. The molecule has 2 aromatic rings. The Bertz CT molecular complexity index is 763. The van der Waals surface area contributed by atoms with E-state index in [-0.39, 0.29) is 23.9 Å². The number of likely N-dealkylation sites (tertiary alicyclic amines) is 1. The molecule has 2 atom stereocenters. The lowest BCUT2D eigenvalue weighted by Crippen LogP contribution is -2.42. The first-order valence-electron chi connectivity index (χ1n) is 8.35. The molecule has 0 saturated carbocycles. The van der Waals surface area contributed by atoms with Crippen LogP contribution in [0.1, 0.15) is 22.5 Å². The van der Waals surface area contributed by atoms with Crippen LogP contribution < -0.4 is 5.32 Å². The molecule has 2 amide bonds. The van der Waals surface area contributed by atoms with Gasteiger partial charge in [0, 0.05) is 36.3 Å². The average molecular weight is 377 g/mol. The van der Waals surface area contributed by atoms with E-state index in [9.17, 15) is 9.59 Å². The number of amides is 2.